The summed E-state index contributed by atoms with van der Waals surface area (Å²) in [4.78, 5) is 14.0. The molecule has 2 aliphatic rings. The van der Waals surface area contributed by atoms with Crippen LogP contribution >= 0.6 is 0 Å². The lowest BCUT2D eigenvalue weighted by molar-refractivity contribution is 0.0600. The summed E-state index contributed by atoms with van der Waals surface area (Å²) < 4.78 is 4.78. The zero-order valence-corrected chi connectivity index (χ0v) is 11.0. The van der Waals surface area contributed by atoms with Crippen LogP contribution in [0, 0.1) is 5.41 Å². The molecule has 1 aliphatic heterocycles. The quantitative estimate of drug-likeness (QED) is 0.708. The van der Waals surface area contributed by atoms with E-state index in [0.717, 1.165) is 12.8 Å². The third kappa shape index (κ3) is 1.83. The number of rotatable bonds is 1. The number of hydrogen-bond donors (Lipinski definition) is 0. The zero-order valence-electron chi connectivity index (χ0n) is 11.0. The summed E-state index contributed by atoms with van der Waals surface area (Å²) >= 11 is 0. The molecule has 0 radical (unpaired) electrons. The molecule has 0 aromatic heterocycles. The van der Waals surface area contributed by atoms with E-state index in [2.05, 4.69) is 18.0 Å². The first-order valence-electron chi connectivity index (χ1n) is 6.51. The van der Waals surface area contributed by atoms with E-state index >= 15 is 0 Å². The number of nitrogens with zero attached hydrogens (tertiary/aromatic N) is 1. The van der Waals surface area contributed by atoms with Gasteiger partial charge in [0.25, 0.3) is 0 Å². The van der Waals surface area contributed by atoms with Gasteiger partial charge in [-0.2, -0.15) is 0 Å². The van der Waals surface area contributed by atoms with Crippen LogP contribution in [-0.2, 0) is 17.6 Å². The van der Waals surface area contributed by atoms with E-state index in [9.17, 15) is 4.79 Å². The van der Waals surface area contributed by atoms with Crippen LogP contribution in [0.4, 0.5) is 0 Å². The first-order chi connectivity index (χ1) is 8.62. The number of benzene rings is 1. The molecule has 0 amide bonds. The smallest absolute Gasteiger partial charge is 0.337 e. The molecule has 1 saturated heterocycles. The lowest BCUT2D eigenvalue weighted by Crippen LogP contribution is -2.25. The minimum absolute atomic E-state index is 0.234. The number of carbonyl (C=O) groups excluding carboxylic acids is 1. The van der Waals surface area contributed by atoms with Gasteiger partial charge >= 0.3 is 5.97 Å². The van der Waals surface area contributed by atoms with Gasteiger partial charge in [-0.25, -0.2) is 4.79 Å². The van der Waals surface area contributed by atoms with Crippen molar-refractivity contribution in [1.29, 1.82) is 0 Å². The minimum Gasteiger partial charge on any atom is -0.465 e. The van der Waals surface area contributed by atoms with Crippen LogP contribution in [0.25, 0.3) is 0 Å². The summed E-state index contributed by atoms with van der Waals surface area (Å²) in [6.07, 6.45) is 3.54. The van der Waals surface area contributed by atoms with Gasteiger partial charge in [0.2, 0.25) is 0 Å². The fourth-order valence-corrected chi connectivity index (χ4v) is 3.53. The molecule has 1 spiro atoms. The zero-order chi connectivity index (χ0) is 12.8. The largest absolute Gasteiger partial charge is 0.465 e. The number of methoxy groups -OCH3 is 1. The lowest BCUT2D eigenvalue weighted by atomic mass is 9.84. The van der Waals surface area contributed by atoms with E-state index in [4.69, 9.17) is 4.74 Å². The Balaban J connectivity index is 1.87. The van der Waals surface area contributed by atoms with Crippen molar-refractivity contribution in [3.63, 3.8) is 0 Å². The highest BCUT2D eigenvalue weighted by atomic mass is 16.5. The van der Waals surface area contributed by atoms with Crippen molar-refractivity contribution in [2.75, 3.05) is 27.2 Å². The molecule has 1 fully saturated rings. The Morgan fingerprint density at radius 3 is 2.78 bits per heavy atom. The molecule has 1 aromatic rings. The number of likely N-dealkylation sites (tertiary alicyclic amines) is 1. The van der Waals surface area contributed by atoms with E-state index < -0.39 is 0 Å². The number of carbonyl (C=O) groups is 1. The summed E-state index contributed by atoms with van der Waals surface area (Å²) in [5.74, 6) is -0.234. The molecule has 96 valence electrons. The van der Waals surface area contributed by atoms with Crippen LogP contribution in [0.1, 0.15) is 27.9 Å². The second-order valence-corrected chi connectivity index (χ2v) is 5.82. The van der Waals surface area contributed by atoms with Crippen molar-refractivity contribution in [3.8, 4) is 0 Å². The first-order valence-corrected chi connectivity index (χ1v) is 6.51. The van der Waals surface area contributed by atoms with Crippen molar-refractivity contribution in [2.45, 2.75) is 19.3 Å². The van der Waals surface area contributed by atoms with Crippen LogP contribution in [0.5, 0.6) is 0 Å². The number of ether oxygens (including phenoxy) is 1. The maximum atomic E-state index is 11.5. The average molecular weight is 245 g/mol. The Labute approximate surface area is 108 Å². The van der Waals surface area contributed by atoms with E-state index in [0.29, 0.717) is 11.0 Å². The molecule has 0 unspecified atom stereocenters. The molecule has 3 rings (SSSR count). The van der Waals surface area contributed by atoms with Crippen molar-refractivity contribution in [1.82, 2.24) is 4.90 Å². The van der Waals surface area contributed by atoms with Gasteiger partial charge in [0.05, 0.1) is 12.7 Å². The van der Waals surface area contributed by atoms with Gasteiger partial charge in [-0.05, 0) is 61.5 Å². The van der Waals surface area contributed by atoms with Crippen molar-refractivity contribution in [3.05, 3.63) is 34.9 Å². The average Bonchev–Trinajstić information content (AvgIpc) is 2.90. The van der Waals surface area contributed by atoms with Gasteiger partial charge in [0, 0.05) is 6.54 Å². The molecule has 3 nitrogen and oxygen atoms in total. The summed E-state index contributed by atoms with van der Waals surface area (Å²) in [5, 5.41) is 0. The van der Waals surface area contributed by atoms with Gasteiger partial charge in [-0.1, -0.05) is 6.07 Å². The summed E-state index contributed by atoms with van der Waals surface area (Å²) in [6, 6.07) is 6.02. The van der Waals surface area contributed by atoms with Gasteiger partial charge < -0.3 is 9.64 Å². The molecule has 0 bridgehead atoms. The Kier molecular flexibility index (Phi) is 2.67. The van der Waals surface area contributed by atoms with Crippen molar-refractivity contribution >= 4 is 5.97 Å². The summed E-state index contributed by atoms with van der Waals surface area (Å²) in [5.41, 5.74) is 3.86. The summed E-state index contributed by atoms with van der Waals surface area (Å²) in [7, 11) is 3.63. The minimum atomic E-state index is -0.234. The highest BCUT2D eigenvalue weighted by molar-refractivity contribution is 5.89. The van der Waals surface area contributed by atoms with Gasteiger partial charge in [-0.3, -0.25) is 0 Å². The molecule has 0 saturated carbocycles. The molecule has 18 heavy (non-hydrogen) atoms. The predicted octanol–water partition coefficient (Wildman–Crippen LogP) is 1.89. The highest BCUT2D eigenvalue weighted by Gasteiger charge is 2.41. The molecule has 3 heteroatoms. The standard InChI is InChI=1S/C15H19NO2/c1-16-6-5-15(10-16)8-12-4-3-11(14(17)18-2)7-13(12)9-15/h3-4,7H,5-6,8-10H2,1-2H3/t15-/m1/s1. The van der Waals surface area contributed by atoms with Crippen molar-refractivity contribution in [2.24, 2.45) is 5.41 Å². The maximum Gasteiger partial charge on any atom is 0.337 e. The van der Waals surface area contributed by atoms with E-state index in [1.165, 1.54) is 37.7 Å². The second kappa shape index (κ2) is 4.09. The topological polar surface area (TPSA) is 29.5 Å². The molecule has 1 aromatic carbocycles. The van der Waals surface area contributed by atoms with Crippen LogP contribution in [0.15, 0.2) is 18.2 Å². The van der Waals surface area contributed by atoms with Crippen LogP contribution in [0.3, 0.4) is 0 Å². The number of hydrogen-bond acceptors (Lipinski definition) is 3. The van der Waals surface area contributed by atoms with Crippen LogP contribution < -0.4 is 0 Å². The fraction of sp³-hybridized carbons (Fsp3) is 0.533. The van der Waals surface area contributed by atoms with Crippen LogP contribution in [0.2, 0.25) is 0 Å². The maximum absolute atomic E-state index is 11.5. The Bertz CT molecular complexity index is 497. The number of esters is 1. The SMILES string of the molecule is COC(=O)c1ccc2c(c1)C[C@@]1(CCN(C)C1)C2. The fourth-order valence-electron chi connectivity index (χ4n) is 3.53. The van der Waals surface area contributed by atoms with Gasteiger partial charge in [-0.15, -0.1) is 0 Å². The highest BCUT2D eigenvalue weighted by Crippen LogP contribution is 2.43. The second-order valence-electron chi connectivity index (χ2n) is 5.82. The molecule has 1 heterocycles. The molecule has 0 N–H and O–H groups in total. The third-order valence-corrected chi connectivity index (χ3v) is 4.39. The van der Waals surface area contributed by atoms with E-state index in [1.54, 1.807) is 0 Å². The summed E-state index contributed by atoms with van der Waals surface area (Å²) in [6.45, 7) is 2.37. The third-order valence-electron chi connectivity index (χ3n) is 4.39. The first kappa shape index (κ1) is 11.7. The Morgan fingerprint density at radius 2 is 2.11 bits per heavy atom. The monoisotopic (exact) mass is 245 g/mol. The van der Waals surface area contributed by atoms with Crippen LogP contribution in [-0.4, -0.2) is 38.1 Å². The number of fused-ring (bicyclic) bond motifs is 1. The lowest BCUT2D eigenvalue weighted by Gasteiger charge is -2.22. The molecule has 1 atom stereocenters. The molecular formula is C15H19NO2. The molecular weight excluding hydrogens is 226 g/mol. The Morgan fingerprint density at radius 1 is 1.33 bits per heavy atom. The Hall–Kier alpha value is -1.35. The van der Waals surface area contributed by atoms with E-state index in [1.807, 2.05) is 12.1 Å². The van der Waals surface area contributed by atoms with Crippen molar-refractivity contribution < 1.29 is 9.53 Å². The predicted molar refractivity (Wildman–Crippen MR) is 69.7 cm³/mol. The van der Waals surface area contributed by atoms with Gasteiger partial charge in [0.15, 0.2) is 0 Å². The van der Waals surface area contributed by atoms with Gasteiger partial charge in [0.1, 0.15) is 0 Å². The molecule has 1 aliphatic carbocycles. The van der Waals surface area contributed by atoms with E-state index in [-0.39, 0.29) is 5.97 Å². The normalized spacial score (nSPS) is 26.6.